The molecule has 0 aliphatic carbocycles. The number of nitrogens with zero attached hydrogens (tertiary/aromatic N) is 2. The van der Waals surface area contributed by atoms with Gasteiger partial charge in [0.1, 0.15) is 24.7 Å². The smallest absolute Gasteiger partial charge is 0.240 e. The van der Waals surface area contributed by atoms with Crippen LogP contribution in [-0.4, -0.2) is 34.6 Å². The summed E-state index contributed by atoms with van der Waals surface area (Å²) in [5, 5.41) is 7.00. The fourth-order valence-electron chi connectivity index (χ4n) is 3.29. The molecule has 1 amide bonds. The lowest BCUT2D eigenvalue weighted by molar-refractivity contribution is -0.122. The zero-order valence-corrected chi connectivity index (χ0v) is 15.6. The van der Waals surface area contributed by atoms with Crippen LogP contribution in [0.2, 0.25) is 5.02 Å². The number of benzene rings is 2. The van der Waals surface area contributed by atoms with Gasteiger partial charge in [0.05, 0.1) is 11.0 Å². The Labute approximate surface area is 162 Å². The minimum Gasteiger partial charge on any atom is -0.486 e. The second kappa shape index (κ2) is 7.98. The largest absolute Gasteiger partial charge is 0.486 e. The highest BCUT2D eigenvalue weighted by Gasteiger charge is 2.19. The lowest BCUT2D eigenvalue weighted by atomic mass is 10.2. The predicted molar refractivity (Wildman–Crippen MR) is 105 cm³/mol. The summed E-state index contributed by atoms with van der Waals surface area (Å²) in [6.07, 6.45) is 0.961. The van der Waals surface area contributed by atoms with Gasteiger partial charge in [-0.1, -0.05) is 23.7 Å². The van der Waals surface area contributed by atoms with Crippen molar-refractivity contribution in [2.75, 3.05) is 13.1 Å². The molecule has 140 valence electrons. The molecule has 3 aromatic rings. The number of rotatable bonds is 6. The van der Waals surface area contributed by atoms with Crippen LogP contribution in [-0.2, 0) is 17.9 Å². The van der Waals surface area contributed by atoms with Crippen molar-refractivity contribution < 1.29 is 9.53 Å². The average molecular weight is 385 g/mol. The molecule has 0 saturated carbocycles. The molecule has 6 nitrogen and oxygen atoms in total. The zero-order chi connectivity index (χ0) is 18.6. The van der Waals surface area contributed by atoms with Crippen molar-refractivity contribution in [1.29, 1.82) is 0 Å². The van der Waals surface area contributed by atoms with E-state index in [9.17, 15) is 4.79 Å². The number of halogens is 1. The van der Waals surface area contributed by atoms with Crippen molar-refractivity contribution in [2.45, 2.75) is 25.6 Å². The molecule has 0 spiro atoms. The minimum absolute atomic E-state index is 0.0143. The van der Waals surface area contributed by atoms with Gasteiger partial charge in [0.15, 0.2) is 0 Å². The predicted octanol–water partition coefficient (Wildman–Crippen LogP) is 2.75. The number of carbonyl (C=O) groups excluding carboxylic acids is 1. The Kier molecular flexibility index (Phi) is 5.27. The number of hydrogen-bond acceptors (Lipinski definition) is 4. The number of nitrogens with one attached hydrogen (secondary N) is 2. The molecular weight excluding hydrogens is 364 g/mol. The van der Waals surface area contributed by atoms with E-state index in [1.165, 1.54) is 0 Å². The van der Waals surface area contributed by atoms with Crippen molar-refractivity contribution >= 4 is 28.5 Å². The quantitative estimate of drug-likeness (QED) is 0.685. The first-order valence-corrected chi connectivity index (χ1v) is 9.39. The van der Waals surface area contributed by atoms with Crippen LogP contribution < -0.4 is 15.4 Å². The molecule has 2 heterocycles. The van der Waals surface area contributed by atoms with Gasteiger partial charge in [-0.3, -0.25) is 4.79 Å². The maximum atomic E-state index is 12.5. The van der Waals surface area contributed by atoms with Gasteiger partial charge in [0.25, 0.3) is 0 Å². The van der Waals surface area contributed by atoms with Crippen LogP contribution in [0, 0.1) is 0 Å². The minimum atomic E-state index is -0.0143. The summed E-state index contributed by atoms with van der Waals surface area (Å²) in [5.74, 6) is 1.41. The molecule has 1 atom stereocenters. The van der Waals surface area contributed by atoms with Crippen molar-refractivity contribution in [3.8, 4) is 5.75 Å². The zero-order valence-electron chi connectivity index (χ0n) is 14.8. The van der Waals surface area contributed by atoms with Gasteiger partial charge in [0, 0.05) is 17.6 Å². The van der Waals surface area contributed by atoms with Gasteiger partial charge in [0.2, 0.25) is 5.91 Å². The van der Waals surface area contributed by atoms with Gasteiger partial charge in [-0.2, -0.15) is 0 Å². The van der Waals surface area contributed by atoms with Crippen LogP contribution in [0.5, 0.6) is 5.75 Å². The highest BCUT2D eigenvalue weighted by atomic mass is 35.5. The van der Waals surface area contributed by atoms with E-state index in [0.717, 1.165) is 30.5 Å². The van der Waals surface area contributed by atoms with Crippen molar-refractivity contribution in [3.05, 3.63) is 59.4 Å². The van der Waals surface area contributed by atoms with E-state index in [1.54, 1.807) is 12.1 Å². The summed E-state index contributed by atoms with van der Waals surface area (Å²) in [5.41, 5.74) is 1.77. The van der Waals surface area contributed by atoms with E-state index in [-0.39, 0.29) is 25.1 Å². The van der Waals surface area contributed by atoms with E-state index < -0.39 is 0 Å². The second-order valence-corrected chi connectivity index (χ2v) is 7.04. The maximum absolute atomic E-state index is 12.5. The van der Waals surface area contributed by atoms with Crippen molar-refractivity contribution in [2.24, 2.45) is 0 Å². The first kappa shape index (κ1) is 17.8. The maximum Gasteiger partial charge on any atom is 0.240 e. The number of carbonyl (C=O) groups is 1. The first-order valence-electron chi connectivity index (χ1n) is 9.01. The molecule has 27 heavy (non-hydrogen) atoms. The Morgan fingerprint density at radius 1 is 1.26 bits per heavy atom. The molecule has 7 heteroatoms. The fourth-order valence-corrected chi connectivity index (χ4v) is 3.41. The molecule has 0 radical (unpaired) electrons. The van der Waals surface area contributed by atoms with Crippen LogP contribution in [0.15, 0.2) is 48.5 Å². The molecule has 0 bridgehead atoms. The molecule has 1 unspecified atom stereocenters. The SMILES string of the molecule is O=C(Cn1c(COc2ccc(Cl)cc2)nc2ccccc21)NC1CCNC1. The molecule has 2 N–H and O–H groups in total. The third kappa shape index (κ3) is 4.23. The average Bonchev–Trinajstić information content (AvgIpc) is 3.29. The number of para-hydroxylation sites is 2. The number of imidazole rings is 1. The standard InChI is InChI=1S/C20H21ClN4O2/c21-14-5-7-16(8-6-14)27-13-19-24-17-3-1-2-4-18(17)25(19)12-20(26)23-15-9-10-22-11-15/h1-8,15,22H,9-13H2,(H,23,26). The fraction of sp³-hybridized carbons (Fsp3) is 0.300. The van der Waals surface area contributed by atoms with E-state index >= 15 is 0 Å². The Hall–Kier alpha value is -2.57. The van der Waals surface area contributed by atoms with E-state index in [4.69, 9.17) is 16.3 Å². The molecule has 1 aliphatic rings. The molecule has 4 rings (SSSR count). The third-order valence-corrected chi connectivity index (χ3v) is 4.89. The van der Waals surface area contributed by atoms with Crippen LogP contribution in [0.4, 0.5) is 0 Å². The number of hydrogen-bond donors (Lipinski definition) is 2. The summed E-state index contributed by atoms with van der Waals surface area (Å²) in [4.78, 5) is 17.2. The molecule has 1 saturated heterocycles. The highest BCUT2D eigenvalue weighted by molar-refractivity contribution is 6.30. The molecular formula is C20H21ClN4O2. The summed E-state index contributed by atoms with van der Waals surface area (Å²) in [6.45, 7) is 2.26. The van der Waals surface area contributed by atoms with Crippen LogP contribution >= 0.6 is 11.6 Å². The van der Waals surface area contributed by atoms with Gasteiger partial charge in [-0.25, -0.2) is 4.98 Å². The van der Waals surface area contributed by atoms with E-state index in [2.05, 4.69) is 15.6 Å². The van der Waals surface area contributed by atoms with Crippen LogP contribution in [0.25, 0.3) is 11.0 Å². The Bertz CT molecular complexity index is 933. The summed E-state index contributed by atoms with van der Waals surface area (Å²) in [7, 11) is 0. The number of aromatic nitrogens is 2. The summed E-state index contributed by atoms with van der Waals surface area (Å²) in [6, 6.07) is 15.2. The van der Waals surface area contributed by atoms with Gasteiger partial charge in [-0.05, 0) is 49.4 Å². The van der Waals surface area contributed by atoms with Crippen molar-refractivity contribution in [3.63, 3.8) is 0 Å². The van der Waals surface area contributed by atoms with Gasteiger partial charge < -0.3 is 19.9 Å². The Morgan fingerprint density at radius 3 is 2.85 bits per heavy atom. The third-order valence-electron chi connectivity index (χ3n) is 4.64. The molecule has 1 fully saturated rings. The Morgan fingerprint density at radius 2 is 2.07 bits per heavy atom. The molecule has 2 aromatic carbocycles. The lowest BCUT2D eigenvalue weighted by Gasteiger charge is -2.14. The lowest BCUT2D eigenvalue weighted by Crippen LogP contribution is -2.38. The van der Waals surface area contributed by atoms with Gasteiger partial charge in [-0.15, -0.1) is 0 Å². The number of ether oxygens (including phenoxy) is 1. The van der Waals surface area contributed by atoms with Crippen molar-refractivity contribution in [1.82, 2.24) is 20.2 Å². The van der Waals surface area contributed by atoms with Crippen LogP contribution in [0.3, 0.4) is 0 Å². The summed E-state index contributed by atoms with van der Waals surface area (Å²) < 4.78 is 7.77. The van der Waals surface area contributed by atoms with Gasteiger partial charge >= 0.3 is 0 Å². The number of fused-ring (bicyclic) bond motifs is 1. The van der Waals surface area contributed by atoms with E-state index in [1.807, 2.05) is 41.0 Å². The highest BCUT2D eigenvalue weighted by Crippen LogP contribution is 2.20. The summed E-state index contributed by atoms with van der Waals surface area (Å²) >= 11 is 5.91. The van der Waals surface area contributed by atoms with E-state index in [0.29, 0.717) is 16.6 Å². The monoisotopic (exact) mass is 384 g/mol. The topological polar surface area (TPSA) is 68.2 Å². The number of amides is 1. The Balaban J connectivity index is 1.53. The first-order chi connectivity index (χ1) is 13.2. The second-order valence-electron chi connectivity index (χ2n) is 6.60. The normalized spacial score (nSPS) is 16.6. The molecule has 1 aliphatic heterocycles. The van der Waals surface area contributed by atoms with Crippen LogP contribution in [0.1, 0.15) is 12.2 Å². The molecule has 1 aromatic heterocycles.